The van der Waals surface area contributed by atoms with Crippen LogP contribution in [0.15, 0.2) is 83.9 Å². The molecule has 0 spiro atoms. The van der Waals surface area contributed by atoms with E-state index in [2.05, 4.69) is 15.0 Å². The number of hydrogen-bond acceptors (Lipinski definition) is 5. The minimum absolute atomic E-state index is 0.0287. The molecule has 0 radical (unpaired) electrons. The largest absolute Gasteiger partial charge is 0.384 e. The Balaban J connectivity index is 1.47. The molecule has 9 heteroatoms. The molecule has 0 fully saturated rings. The van der Waals surface area contributed by atoms with E-state index in [1.165, 1.54) is 6.07 Å². The van der Waals surface area contributed by atoms with Gasteiger partial charge in [0.15, 0.2) is 0 Å². The number of pyridine rings is 1. The number of benzene rings is 3. The van der Waals surface area contributed by atoms with Crippen molar-refractivity contribution in [1.82, 2.24) is 4.98 Å². The highest BCUT2D eigenvalue weighted by atomic mass is 32.2. The number of nitrogen functional groups attached to an aromatic ring is 1. The smallest absolute Gasteiger partial charge is 0.264 e. The van der Waals surface area contributed by atoms with E-state index in [9.17, 15) is 13.2 Å². The van der Waals surface area contributed by atoms with Crippen LogP contribution in [-0.4, -0.2) is 25.1 Å². The molecular weight excluding hydrogens is 450 g/mol. The number of nitrogens with two attached hydrogens (primary N) is 1. The van der Waals surface area contributed by atoms with Crippen LogP contribution in [0.25, 0.3) is 10.9 Å². The molecule has 1 amide bonds. The van der Waals surface area contributed by atoms with Crippen LogP contribution >= 0.6 is 0 Å². The highest BCUT2D eigenvalue weighted by Gasteiger charge is 2.19. The lowest BCUT2D eigenvalue weighted by atomic mass is 10.1. The molecule has 0 unspecified atom stereocenters. The van der Waals surface area contributed by atoms with Crippen LogP contribution in [0.2, 0.25) is 0 Å². The highest BCUT2D eigenvalue weighted by molar-refractivity contribution is 7.93. The van der Waals surface area contributed by atoms with Crippen molar-refractivity contribution in [2.45, 2.75) is 18.2 Å². The van der Waals surface area contributed by atoms with Crippen molar-refractivity contribution in [2.24, 2.45) is 5.73 Å². The summed E-state index contributed by atoms with van der Waals surface area (Å²) in [7, 11) is -3.87. The molecule has 0 aliphatic heterocycles. The quantitative estimate of drug-likeness (QED) is 0.239. The van der Waals surface area contributed by atoms with Gasteiger partial charge >= 0.3 is 0 Å². The Labute approximate surface area is 197 Å². The molecule has 34 heavy (non-hydrogen) atoms. The fraction of sp³-hybridized carbons (Fsp3) is 0.0800. The molecule has 5 N–H and O–H groups in total. The lowest BCUT2D eigenvalue weighted by molar-refractivity contribution is -0.115. The van der Waals surface area contributed by atoms with Crippen LogP contribution in [0.3, 0.4) is 0 Å². The summed E-state index contributed by atoms with van der Waals surface area (Å²) in [5.74, 6) is -0.243. The normalized spacial score (nSPS) is 11.2. The van der Waals surface area contributed by atoms with Crippen molar-refractivity contribution >= 4 is 44.0 Å². The van der Waals surface area contributed by atoms with E-state index in [1.54, 1.807) is 79.9 Å². The van der Waals surface area contributed by atoms with E-state index in [0.29, 0.717) is 28.0 Å². The number of para-hydroxylation sites is 1. The SMILES string of the molecule is Cc1cc(NS(=O)(=O)c2cccc3cccnc23)ccc1NC(=O)Cc1ccc(C(=N)N)cc1. The minimum atomic E-state index is -3.87. The monoisotopic (exact) mass is 473 g/mol. The van der Waals surface area contributed by atoms with E-state index in [1.807, 2.05) is 0 Å². The summed E-state index contributed by atoms with van der Waals surface area (Å²) >= 11 is 0. The lowest BCUT2D eigenvalue weighted by Gasteiger charge is -2.13. The fourth-order valence-electron chi connectivity index (χ4n) is 3.55. The first kappa shape index (κ1) is 22.9. The highest BCUT2D eigenvalue weighted by Crippen LogP contribution is 2.25. The number of fused-ring (bicyclic) bond motifs is 1. The molecule has 0 saturated carbocycles. The molecule has 0 aliphatic carbocycles. The minimum Gasteiger partial charge on any atom is -0.384 e. The molecule has 0 saturated heterocycles. The first-order valence-electron chi connectivity index (χ1n) is 10.4. The van der Waals surface area contributed by atoms with Gasteiger partial charge in [-0.2, -0.15) is 0 Å². The molecule has 0 bridgehead atoms. The molecule has 4 rings (SSSR count). The van der Waals surface area contributed by atoms with Crippen LogP contribution in [0.1, 0.15) is 16.7 Å². The zero-order valence-corrected chi connectivity index (χ0v) is 19.2. The lowest BCUT2D eigenvalue weighted by Crippen LogP contribution is -2.16. The van der Waals surface area contributed by atoms with Gasteiger partial charge in [0.1, 0.15) is 10.7 Å². The number of carbonyl (C=O) groups is 1. The van der Waals surface area contributed by atoms with Gasteiger partial charge in [0.05, 0.1) is 11.9 Å². The second kappa shape index (κ2) is 9.32. The molecular formula is C25H23N5O3S. The van der Waals surface area contributed by atoms with Crippen LogP contribution in [0.4, 0.5) is 11.4 Å². The molecule has 1 aromatic heterocycles. The van der Waals surface area contributed by atoms with Crippen molar-refractivity contribution in [3.05, 3.63) is 95.7 Å². The zero-order valence-electron chi connectivity index (χ0n) is 18.4. The molecule has 8 nitrogen and oxygen atoms in total. The first-order valence-corrected chi connectivity index (χ1v) is 11.9. The Bertz CT molecular complexity index is 1490. The number of hydrogen-bond donors (Lipinski definition) is 4. The summed E-state index contributed by atoms with van der Waals surface area (Å²) < 4.78 is 28.6. The van der Waals surface area contributed by atoms with Gasteiger partial charge in [-0.25, -0.2) is 8.42 Å². The third kappa shape index (κ3) is 5.05. The second-order valence-corrected chi connectivity index (χ2v) is 9.45. The van der Waals surface area contributed by atoms with Crippen LogP contribution in [0.5, 0.6) is 0 Å². The summed E-state index contributed by atoms with van der Waals surface area (Å²) in [5.41, 5.74) is 8.89. The number of nitrogens with one attached hydrogen (secondary N) is 3. The van der Waals surface area contributed by atoms with Gasteiger partial charge in [-0.3, -0.25) is 19.9 Å². The van der Waals surface area contributed by atoms with Crippen molar-refractivity contribution in [3.8, 4) is 0 Å². The Hall–Kier alpha value is -4.24. The maximum Gasteiger partial charge on any atom is 0.264 e. The number of aryl methyl sites for hydroxylation is 1. The number of rotatable bonds is 7. The van der Waals surface area contributed by atoms with Crippen LogP contribution < -0.4 is 15.8 Å². The average molecular weight is 474 g/mol. The fourth-order valence-corrected chi connectivity index (χ4v) is 4.78. The van der Waals surface area contributed by atoms with E-state index in [4.69, 9.17) is 11.1 Å². The predicted molar refractivity (Wildman–Crippen MR) is 134 cm³/mol. The summed E-state index contributed by atoms with van der Waals surface area (Å²) in [6.07, 6.45) is 1.71. The number of sulfonamides is 1. The van der Waals surface area contributed by atoms with E-state index < -0.39 is 10.0 Å². The van der Waals surface area contributed by atoms with E-state index in [-0.39, 0.29) is 23.1 Å². The third-order valence-electron chi connectivity index (χ3n) is 5.27. The topological polar surface area (TPSA) is 138 Å². The summed E-state index contributed by atoms with van der Waals surface area (Å²) in [4.78, 5) is 16.8. The van der Waals surface area contributed by atoms with Crippen LogP contribution in [0, 0.1) is 12.3 Å². The van der Waals surface area contributed by atoms with Gasteiger partial charge in [-0.1, -0.05) is 42.5 Å². The predicted octanol–water partition coefficient (Wildman–Crippen LogP) is 3.81. The van der Waals surface area contributed by atoms with Crippen LogP contribution in [-0.2, 0) is 21.2 Å². The van der Waals surface area contributed by atoms with Gasteiger partial charge in [-0.15, -0.1) is 0 Å². The molecule has 172 valence electrons. The Morgan fingerprint density at radius 2 is 1.76 bits per heavy atom. The first-order chi connectivity index (χ1) is 16.2. The summed E-state index contributed by atoms with van der Waals surface area (Å²) in [5, 5.41) is 11.0. The second-order valence-electron chi connectivity index (χ2n) is 7.80. The van der Waals surface area contributed by atoms with Gasteiger partial charge in [0, 0.05) is 28.5 Å². The summed E-state index contributed by atoms with van der Waals surface area (Å²) in [6.45, 7) is 1.79. The number of amides is 1. The van der Waals surface area contributed by atoms with Crippen molar-refractivity contribution < 1.29 is 13.2 Å². The number of amidine groups is 1. The molecule has 3 aromatic carbocycles. The standard InChI is InChI=1S/C25H23N5O3S/c1-16-14-20(30-34(32,33)22-6-2-4-18-5-3-13-28-24(18)22)11-12-21(16)29-23(31)15-17-7-9-19(10-8-17)25(26)27/h2-14,30H,15H2,1H3,(H3,26,27)(H,29,31). The van der Waals surface area contributed by atoms with E-state index in [0.717, 1.165) is 10.9 Å². The maximum atomic E-state index is 13.0. The Kier molecular flexibility index (Phi) is 6.29. The molecule has 4 aromatic rings. The third-order valence-corrected chi connectivity index (χ3v) is 6.68. The van der Waals surface area contributed by atoms with E-state index >= 15 is 0 Å². The number of carbonyl (C=O) groups excluding carboxylic acids is 1. The van der Waals surface area contributed by atoms with Gasteiger partial charge in [0.25, 0.3) is 10.0 Å². The number of anilines is 2. The molecule has 0 aliphatic rings. The van der Waals surface area contributed by atoms with Gasteiger partial charge < -0.3 is 11.1 Å². The number of aromatic nitrogens is 1. The average Bonchev–Trinajstić information content (AvgIpc) is 2.80. The molecule has 0 atom stereocenters. The van der Waals surface area contributed by atoms with Crippen molar-refractivity contribution in [2.75, 3.05) is 10.0 Å². The number of nitrogens with zero attached hydrogens (tertiary/aromatic N) is 1. The van der Waals surface area contributed by atoms with Crippen molar-refractivity contribution in [3.63, 3.8) is 0 Å². The maximum absolute atomic E-state index is 13.0. The van der Waals surface area contributed by atoms with Gasteiger partial charge in [0.2, 0.25) is 5.91 Å². The molecule has 1 heterocycles. The Morgan fingerprint density at radius 1 is 1.03 bits per heavy atom. The summed E-state index contributed by atoms with van der Waals surface area (Å²) in [6, 6.07) is 20.4. The van der Waals surface area contributed by atoms with Gasteiger partial charge in [-0.05, 0) is 48.4 Å². The van der Waals surface area contributed by atoms with Crippen molar-refractivity contribution in [1.29, 1.82) is 5.41 Å². The Morgan fingerprint density at radius 3 is 2.47 bits per heavy atom. The zero-order chi connectivity index (χ0) is 24.3.